The minimum atomic E-state index is -0.669. The van der Waals surface area contributed by atoms with Crippen LogP contribution in [0, 0.1) is 0 Å². The summed E-state index contributed by atoms with van der Waals surface area (Å²) in [7, 11) is 0. The average molecular weight is 257 g/mol. The zero-order valence-corrected chi connectivity index (χ0v) is 12.5. The lowest BCUT2D eigenvalue weighted by Crippen LogP contribution is -1.83. The first-order chi connectivity index (χ1) is 10.6. The Balaban J connectivity index is 3.23. The van der Waals surface area contributed by atoms with E-state index in [0.29, 0.717) is 6.42 Å². The molecule has 1 unspecified atom stereocenters. The molecular weight excluding hydrogens is 216 g/mol. The third kappa shape index (κ3) is 15.7. The fraction of sp³-hybridized carbons (Fsp3) is 0.889. The molecule has 0 radical (unpaired) electrons. The van der Waals surface area contributed by atoms with Crippen molar-refractivity contribution < 1.29 is 5.48 Å². The Morgan fingerprint density at radius 2 is 1.17 bits per heavy atom. The van der Waals surface area contributed by atoms with E-state index >= 15 is 0 Å². The smallest absolute Gasteiger partial charge is 0.0570 e. The molecule has 1 atom stereocenters. The van der Waals surface area contributed by atoms with Crippen molar-refractivity contribution >= 4 is 0 Å². The zero-order valence-electron chi connectivity index (χ0n) is 16.5. The summed E-state index contributed by atoms with van der Waals surface area (Å²) < 4.78 is 29.1. The van der Waals surface area contributed by atoms with Crippen LogP contribution in [0.1, 0.15) is 109 Å². The van der Waals surface area contributed by atoms with Gasteiger partial charge >= 0.3 is 0 Å². The second-order valence-corrected chi connectivity index (χ2v) is 5.38. The van der Waals surface area contributed by atoms with Gasteiger partial charge in [0.25, 0.3) is 0 Å². The molecule has 108 valence electrons. The minimum Gasteiger partial charge on any atom is -0.103 e. The molecule has 0 aromatic rings. The second-order valence-electron chi connectivity index (χ2n) is 5.38. The molecule has 0 aromatic carbocycles. The number of allylic oxidation sites excluding steroid dienone is 1. The van der Waals surface area contributed by atoms with Crippen molar-refractivity contribution in [2.45, 2.75) is 103 Å². The topological polar surface area (TPSA) is 0 Å². The van der Waals surface area contributed by atoms with E-state index < -0.39 is 12.9 Å². The van der Waals surface area contributed by atoms with Gasteiger partial charge in [-0.1, -0.05) is 96.4 Å². The van der Waals surface area contributed by atoms with E-state index in [1.54, 1.807) is 0 Å². The van der Waals surface area contributed by atoms with E-state index in [9.17, 15) is 0 Å². The molecule has 18 heavy (non-hydrogen) atoms. The second kappa shape index (κ2) is 16.7. The molecule has 0 heteroatoms. The summed E-state index contributed by atoms with van der Waals surface area (Å²) in [6, 6.07) is -0.140. The SMILES string of the molecule is [2H]C([2H])=C([2H])C([2H])CCCCCCCCCCCCCCC. The van der Waals surface area contributed by atoms with E-state index in [1.165, 1.54) is 70.6 Å². The summed E-state index contributed by atoms with van der Waals surface area (Å²) in [5.74, 6) is 0. The number of hydrogen-bond acceptors (Lipinski definition) is 0. The average Bonchev–Trinajstić information content (AvgIpc) is 2.50. The van der Waals surface area contributed by atoms with Gasteiger partial charge in [-0.25, -0.2) is 0 Å². The fourth-order valence-corrected chi connectivity index (χ4v) is 2.34. The normalized spacial score (nSPS) is 15.4. The van der Waals surface area contributed by atoms with Crippen LogP contribution in [0.4, 0.5) is 0 Å². The highest BCUT2D eigenvalue weighted by molar-refractivity contribution is 4.65. The maximum Gasteiger partial charge on any atom is 0.0570 e. The van der Waals surface area contributed by atoms with Crippen LogP contribution in [0.25, 0.3) is 0 Å². The molecule has 0 spiro atoms. The van der Waals surface area contributed by atoms with Crippen molar-refractivity contribution in [3.8, 4) is 0 Å². The molecule has 0 aliphatic rings. The first kappa shape index (κ1) is 11.6. The summed E-state index contributed by atoms with van der Waals surface area (Å²) in [5, 5.41) is 0. The summed E-state index contributed by atoms with van der Waals surface area (Å²) in [6.45, 7) is 1.75. The largest absolute Gasteiger partial charge is 0.103 e. The van der Waals surface area contributed by atoms with Crippen LogP contribution in [-0.4, -0.2) is 0 Å². The molecule has 0 aromatic heterocycles. The highest BCUT2D eigenvalue weighted by Gasteiger charge is 1.93. The Bertz CT molecular complexity index is 272. The van der Waals surface area contributed by atoms with Gasteiger partial charge in [-0.15, -0.1) is 6.53 Å². The minimum absolute atomic E-state index is 0.140. The Morgan fingerprint density at radius 3 is 1.56 bits per heavy atom. The van der Waals surface area contributed by atoms with Crippen LogP contribution >= 0.6 is 0 Å². The van der Waals surface area contributed by atoms with Gasteiger partial charge < -0.3 is 0 Å². The Morgan fingerprint density at radius 1 is 0.778 bits per heavy atom. The van der Waals surface area contributed by atoms with Crippen molar-refractivity contribution in [3.63, 3.8) is 0 Å². The van der Waals surface area contributed by atoms with Crippen LogP contribution in [0.3, 0.4) is 0 Å². The van der Waals surface area contributed by atoms with Gasteiger partial charge in [0, 0.05) is 1.37 Å². The lowest BCUT2D eigenvalue weighted by atomic mass is 10.0. The van der Waals surface area contributed by atoms with E-state index in [4.69, 9.17) is 5.48 Å². The van der Waals surface area contributed by atoms with Crippen LogP contribution in [0.2, 0.25) is 0 Å². The van der Waals surface area contributed by atoms with Gasteiger partial charge in [0.05, 0.1) is 4.11 Å². The summed E-state index contributed by atoms with van der Waals surface area (Å²) in [4.78, 5) is 0. The molecule has 0 saturated heterocycles. The van der Waals surface area contributed by atoms with Crippen LogP contribution < -0.4 is 0 Å². The third-order valence-corrected chi connectivity index (χ3v) is 3.55. The van der Waals surface area contributed by atoms with Gasteiger partial charge in [-0.3, -0.25) is 0 Å². The Kier molecular flexibility index (Phi) is 10.7. The first-order valence-corrected chi connectivity index (χ1v) is 8.15. The van der Waals surface area contributed by atoms with E-state index in [1.807, 2.05) is 0 Å². The Hall–Kier alpha value is -0.260. The molecule has 0 aliphatic carbocycles. The number of unbranched alkanes of at least 4 members (excludes halogenated alkanes) is 12. The monoisotopic (exact) mass is 256 g/mol. The molecule has 0 heterocycles. The van der Waals surface area contributed by atoms with Gasteiger partial charge in [-0.05, 0) is 12.8 Å². The van der Waals surface area contributed by atoms with Crippen molar-refractivity contribution in [1.82, 2.24) is 0 Å². The lowest BCUT2D eigenvalue weighted by molar-refractivity contribution is 0.536. The molecule has 0 saturated carbocycles. The predicted octanol–water partition coefficient (Wildman–Crippen LogP) is 7.04. The van der Waals surface area contributed by atoms with Gasteiger partial charge in [0.1, 0.15) is 0 Å². The molecule has 0 amide bonds. The summed E-state index contributed by atoms with van der Waals surface area (Å²) in [5.41, 5.74) is 0. The lowest BCUT2D eigenvalue weighted by Gasteiger charge is -2.02. The quantitative estimate of drug-likeness (QED) is 0.218. The van der Waals surface area contributed by atoms with Crippen molar-refractivity contribution in [1.29, 1.82) is 0 Å². The summed E-state index contributed by atoms with van der Waals surface area (Å²) in [6.07, 6.45) is 16.9. The van der Waals surface area contributed by atoms with Gasteiger partial charge in [0.15, 0.2) is 0 Å². The van der Waals surface area contributed by atoms with E-state index in [2.05, 4.69) is 6.92 Å². The highest BCUT2D eigenvalue weighted by Crippen LogP contribution is 2.13. The van der Waals surface area contributed by atoms with E-state index in [-0.39, 0.29) is 6.05 Å². The maximum absolute atomic E-state index is 7.68. The van der Waals surface area contributed by atoms with Crippen molar-refractivity contribution in [2.24, 2.45) is 0 Å². The number of hydrogen-bond donors (Lipinski definition) is 0. The fourth-order valence-electron chi connectivity index (χ4n) is 2.34. The van der Waals surface area contributed by atoms with Crippen LogP contribution in [0.15, 0.2) is 12.6 Å². The number of rotatable bonds is 15. The predicted molar refractivity (Wildman–Crippen MR) is 85.1 cm³/mol. The standard InChI is InChI=1S/C18H36/c1-3-5-7-9-11-13-15-17-18-16-14-12-10-8-6-4-2/h3H,1,4-18H2,2H3/i1D2,3D,5D. The van der Waals surface area contributed by atoms with Gasteiger partial charge in [-0.2, -0.15) is 0 Å². The van der Waals surface area contributed by atoms with Gasteiger partial charge in [0.2, 0.25) is 0 Å². The molecule has 0 rings (SSSR count). The van der Waals surface area contributed by atoms with Crippen LogP contribution in [-0.2, 0) is 0 Å². The van der Waals surface area contributed by atoms with Crippen LogP contribution in [0.5, 0.6) is 0 Å². The Labute approximate surface area is 122 Å². The third-order valence-electron chi connectivity index (χ3n) is 3.55. The first-order valence-electron chi connectivity index (χ1n) is 10.2. The highest BCUT2D eigenvalue weighted by atomic mass is 14.0. The molecular formula is C18H36. The maximum atomic E-state index is 7.68. The molecule has 0 fully saturated rings. The van der Waals surface area contributed by atoms with E-state index in [0.717, 1.165) is 12.8 Å². The molecule has 0 aliphatic heterocycles. The zero-order chi connectivity index (χ0) is 16.6. The molecule has 0 N–H and O–H groups in total. The molecule has 0 nitrogen and oxygen atoms in total. The van der Waals surface area contributed by atoms with Crippen molar-refractivity contribution in [2.75, 3.05) is 0 Å². The van der Waals surface area contributed by atoms with Crippen molar-refractivity contribution in [3.05, 3.63) is 12.6 Å². The molecule has 0 bridgehead atoms. The summed E-state index contributed by atoms with van der Waals surface area (Å²) >= 11 is 0.